The van der Waals surface area contributed by atoms with Gasteiger partial charge in [-0.3, -0.25) is 9.59 Å². The molecule has 0 bridgehead atoms. The normalized spacial score (nSPS) is 20.4. The lowest BCUT2D eigenvalue weighted by Crippen LogP contribution is -2.42. The molecule has 92 valence electrons. The minimum Gasteiger partial charge on any atom is -0.391 e. The molecular weight excluding hydrogens is 220 g/mol. The Bertz CT molecular complexity index is 481. The van der Waals surface area contributed by atoms with Crippen molar-refractivity contribution in [3.63, 3.8) is 0 Å². The largest absolute Gasteiger partial charge is 0.391 e. The van der Waals surface area contributed by atoms with E-state index < -0.39 is 6.10 Å². The maximum Gasteiger partial charge on any atom is 0.254 e. The summed E-state index contributed by atoms with van der Waals surface area (Å²) in [6.45, 7) is 0.999. The summed E-state index contributed by atoms with van der Waals surface area (Å²) in [6.07, 6.45) is 2.67. The highest BCUT2D eigenvalue weighted by molar-refractivity contribution is 5.94. The van der Waals surface area contributed by atoms with Gasteiger partial charge in [0.2, 0.25) is 0 Å². The molecule has 1 aliphatic heterocycles. The third kappa shape index (κ3) is 2.55. The Morgan fingerprint density at radius 2 is 2.29 bits per heavy atom. The van der Waals surface area contributed by atoms with Gasteiger partial charge < -0.3 is 14.6 Å². The molecule has 0 saturated carbocycles. The maximum absolute atomic E-state index is 12.1. The summed E-state index contributed by atoms with van der Waals surface area (Å²) in [4.78, 5) is 25.1. The standard InChI is InChI=1S/C12H16N2O3/c1-13-6-4-9(7-11(13)16)12(17)14-5-2-3-10(15)8-14/h4,6-7,10,15H,2-3,5,8H2,1H3. The van der Waals surface area contributed by atoms with Crippen LogP contribution in [-0.4, -0.2) is 39.7 Å². The fourth-order valence-corrected chi connectivity index (χ4v) is 2.00. The van der Waals surface area contributed by atoms with Gasteiger partial charge in [0, 0.05) is 38.0 Å². The van der Waals surface area contributed by atoms with E-state index in [0.717, 1.165) is 12.8 Å². The van der Waals surface area contributed by atoms with Crippen molar-refractivity contribution in [3.05, 3.63) is 34.2 Å². The Balaban J connectivity index is 2.18. The lowest BCUT2D eigenvalue weighted by molar-refractivity contribution is 0.0473. The molecule has 5 nitrogen and oxygen atoms in total. The van der Waals surface area contributed by atoms with Crippen molar-refractivity contribution < 1.29 is 9.90 Å². The van der Waals surface area contributed by atoms with E-state index in [-0.39, 0.29) is 11.5 Å². The lowest BCUT2D eigenvalue weighted by atomic mass is 10.1. The van der Waals surface area contributed by atoms with Gasteiger partial charge in [0.1, 0.15) is 0 Å². The van der Waals surface area contributed by atoms with E-state index in [0.29, 0.717) is 18.7 Å². The number of piperidine rings is 1. The molecule has 0 aliphatic carbocycles. The number of carbonyl (C=O) groups is 1. The average molecular weight is 236 g/mol. The number of amides is 1. The zero-order chi connectivity index (χ0) is 12.4. The number of aromatic nitrogens is 1. The number of aryl methyl sites for hydroxylation is 1. The van der Waals surface area contributed by atoms with Crippen molar-refractivity contribution in [2.24, 2.45) is 7.05 Å². The monoisotopic (exact) mass is 236 g/mol. The summed E-state index contributed by atoms with van der Waals surface area (Å²) in [7, 11) is 1.64. The Kier molecular flexibility index (Phi) is 3.28. The van der Waals surface area contributed by atoms with Crippen molar-refractivity contribution in [2.75, 3.05) is 13.1 Å². The van der Waals surface area contributed by atoms with E-state index in [4.69, 9.17) is 0 Å². The molecule has 1 unspecified atom stereocenters. The minimum atomic E-state index is -0.445. The zero-order valence-corrected chi connectivity index (χ0v) is 9.80. The topological polar surface area (TPSA) is 62.5 Å². The first-order valence-electron chi connectivity index (χ1n) is 5.72. The highest BCUT2D eigenvalue weighted by atomic mass is 16.3. The second-order valence-electron chi connectivity index (χ2n) is 4.41. The number of hydrogen-bond donors (Lipinski definition) is 1. The number of β-amino-alcohol motifs (C(OH)–C–C–N with tert-alkyl or cyclic N) is 1. The second kappa shape index (κ2) is 4.71. The molecule has 1 fully saturated rings. The first kappa shape index (κ1) is 11.9. The molecular formula is C12H16N2O3. The Labute approximate surface area is 99.3 Å². The summed E-state index contributed by atoms with van der Waals surface area (Å²) in [5, 5.41) is 9.51. The third-order valence-electron chi connectivity index (χ3n) is 3.03. The van der Waals surface area contributed by atoms with Gasteiger partial charge in [-0.05, 0) is 18.9 Å². The van der Waals surface area contributed by atoms with Gasteiger partial charge in [0.15, 0.2) is 0 Å². The summed E-state index contributed by atoms with van der Waals surface area (Å²) in [5.74, 6) is -0.179. The third-order valence-corrected chi connectivity index (χ3v) is 3.03. The molecule has 5 heteroatoms. The Morgan fingerprint density at radius 1 is 1.53 bits per heavy atom. The molecule has 1 aromatic heterocycles. The van der Waals surface area contributed by atoms with Crippen molar-refractivity contribution in [2.45, 2.75) is 18.9 Å². The molecule has 1 aromatic rings. The fraction of sp³-hybridized carbons (Fsp3) is 0.500. The van der Waals surface area contributed by atoms with Crippen LogP contribution in [0, 0.1) is 0 Å². The number of rotatable bonds is 1. The van der Waals surface area contributed by atoms with Crippen LogP contribution < -0.4 is 5.56 Å². The van der Waals surface area contributed by atoms with Gasteiger partial charge in [-0.2, -0.15) is 0 Å². The van der Waals surface area contributed by atoms with E-state index in [1.807, 2.05) is 0 Å². The number of hydrogen-bond acceptors (Lipinski definition) is 3. The van der Waals surface area contributed by atoms with E-state index >= 15 is 0 Å². The summed E-state index contributed by atoms with van der Waals surface area (Å²) in [6, 6.07) is 2.97. The maximum atomic E-state index is 12.1. The number of pyridine rings is 1. The van der Waals surface area contributed by atoms with Crippen LogP contribution in [0.5, 0.6) is 0 Å². The number of carbonyl (C=O) groups excluding carboxylic acids is 1. The molecule has 1 N–H and O–H groups in total. The molecule has 1 atom stereocenters. The SMILES string of the molecule is Cn1ccc(C(=O)N2CCCC(O)C2)cc1=O. The van der Waals surface area contributed by atoms with Gasteiger partial charge in [-0.1, -0.05) is 0 Å². The van der Waals surface area contributed by atoms with Crippen LogP contribution >= 0.6 is 0 Å². The van der Waals surface area contributed by atoms with Crippen LogP contribution in [0.15, 0.2) is 23.1 Å². The van der Waals surface area contributed by atoms with E-state index in [2.05, 4.69) is 0 Å². The molecule has 0 radical (unpaired) electrons. The van der Waals surface area contributed by atoms with Crippen LogP contribution in [-0.2, 0) is 7.05 Å². The minimum absolute atomic E-state index is 0.179. The van der Waals surface area contributed by atoms with Gasteiger partial charge >= 0.3 is 0 Å². The van der Waals surface area contributed by atoms with Crippen LogP contribution in [0.25, 0.3) is 0 Å². The second-order valence-corrected chi connectivity index (χ2v) is 4.41. The van der Waals surface area contributed by atoms with Crippen LogP contribution in [0.1, 0.15) is 23.2 Å². The molecule has 0 aromatic carbocycles. The van der Waals surface area contributed by atoms with E-state index in [9.17, 15) is 14.7 Å². The molecule has 2 rings (SSSR count). The smallest absolute Gasteiger partial charge is 0.254 e. The molecule has 17 heavy (non-hydrogen) atoms. The predicted molar refractivity (Wildman–Crippen MR) is 62.8 cm³/mol. The first-order valence-corrected chi connectivity index (χ1v) is 5.72. The number of aliphatic hydroxyl groups is 1. The highest BCUT2D eigenvalue weighted by Gasteiger charge is 2.23. The van der Waals surface area contributed by atoms with E-state index in [1.165, 1.54) is 10.6 Å². The molecule has 1 aliphatic rings. The van der Waals surface area contributed by atoms with Crippen LogP contribution in [0.2, 0.25) is 0 Å². The van der Waals surface area contributed by atoms with Gasteiger partial charge in [-0.25, -0.2) is 0 Å². The molecule has 2 heterocycles. The van der Waals surface area contributed by atoms with E-state index in [1.54, 1.807) is 24.2 Å². The molecule has 1 saturated heterocycles. The predicted octanol–water partition coefficient (Wildman–Crippen LogP) is -0.0178. The fourth-order valence-electron chi connectivity index (χ4n) is 2.00. The van der Waals surface area contributed by atoms with Crippen LogP contribution in [0.4, 0.5) is 0 Å². The van der Waals surface area contributed by atoms with Gasteiger partial charge in [-0.15, -0.1) is 0 Å². The number of aliphatic hydroxyl groups excluding tert-OH is 1. The quantitative estimate of drug-likeness (QED) is 0.745. The molecule has 1 amide bonds. The lowest BCUT2D eigenvalue weighted by Gasteiger charge is -2.30. The number of likely N-dealkylation sites (tertiary alicyclic amines) is 1. The number of nitrogens with zero attached hydrogens (tertiary/aromatic N) is 2. The van der Waals surface area contributed by atoms with Crippen LogP contribution in [0.3, 0.4) is 0 Å². The summed E-state index contributed by atoms with van der Waals surface area (Å²) >= 11 is 0. The summed E-state index contributed by atoms with van der Waals surface area (Å²) in [5.41, 5.74) is 0.190. The highest BCUT2D eigenvalue weighted by Crippen LogP contribution is 2.12. The Hall–Kier alpha value is -1.62. The Morgan fingerprint density at radius 3 is 2.94 bits per heavy atom. The molecule has 0 spiro atoms. The first-order chi connectivity index (χ1) is 8.08. The van der Waals surface area contributed by atoms with Crippen molar-refractivity contribution in [1.82, 2.24) is 9.47 Å². The van der Waals surface area contributed by atoms with Crippen molar-refractivity contribution in [3.8, 4) is 0 Å². The van der Waals surface area contributed by atoms with Gasteiger partial charge in [0.25, 0.3) is 11.5 Å². The van der Waals surface area contributed by atoms with Gasteiger partial charge in [0.05, 0.1) is 6.10 Å². The van der Waals surface area contributed by atoms with Crippen molar-refractivity contribution in [1.29, 1.82) is 0 Å². The summed E-state index contributed by atoms with van der Waals surface area (Å²) < 4.78 is 1.42. The average Bonchev–Trinajstić information content (AvgIpc) is 2.32. The zero-order valence-electron chi connectivity index (χ0n) is 9.80. The van der Waals surface area contributed by atoms with Crippen molar-refractivity contribution >= 4 is 5.91 Å².